The highest BCUT2D eigenvalue weighted by atomic mass is 35.5. The molecule has 1 aliphatic rings. The van der Waals surface area contributed by atoms with Crippen LogP contribution in [0.3, 0.4) is 0 Å². The lowest BCUT2D eigenvalue weighted by Crippen LogP contribution is -2.40. The molecule has 2 nitrogen and oxygen atoms in total. The zero-order valence-corrected chi connectivity index (χ0v) is 15.4. The van der Waals surface area contributed by atoms with Crippen LogP contribution in [0.5, 0.6) is 0 Å². The Morgan fingerprint density at radius 3 is 2.42 bits per heavy atom. The van der Waals surface area contributed by atoms with Crippen molar-refractivity contribution in [2.45, 2.75) is 11.3 Å². The van der Waals surface area contributed by atoms with Gasteiger partial charge in [0.2, 0.25) is 5.69 Å². The second kappa shape index (κ2) is 6.93. The first-order valence-electron chi connectivity index (χ1n) is 7.32. The van der Waals surface area contributed by atoms with Crippen molar-refractivity contribution < 1.29 is 9.36 Å². The second-order valence-corrected chi connectivity index (χ2v) is 7.56. The van der Waals surface area contributed by atoms with Crippen LogP contribution in [0.15, 0.2) is 69.2 Å². The van der Waals surface area contributed by atoms with Crippen LogP contribution in [-0.4, -0.2) is 5.91 Å². The zero-order chi connectivity index (χ0) is 15.8. The molecule has 0 atom stereocenters. The van der Waals surface area contributed by atoms with E-state index in [1.54, 1.807) is 23.1 Å². The first kappa shape index (κ1) is 17.0. The molecule has 4 rings (SSSR count). The van der Waals surface area contributed by atoms with Crippen LogP contribution in [0.25, 0.3) is 17.3 Å². The summed E-state index contributed by atoms with van der Waals surface area (Å²) in [5.41, 5.74) is 4.32. The predicted molar refractivity (Wildman–Crippen MR) is 103 cm³/mol. The SMILES string of the molecule is Cc1ccc(/C=C2\Sc3scc(-c4ccccc4)[n+]3C2=O)cc1.Cl. The molecule has 2 heterocycles. The van der Waals surface area contributed by atoms with Crippen molar-refractivity contribution in [3.8, 4) is 11.3 Å². The third-order valence-electron chi connectivity index (χ3n) is 3.75. The van der Waals surface area contributed by atoms with E-state index in [9.17, 15) is 4.79 Å². The van der Waals surface area contributed by atoms with E-state index < -0.39 is 0 Å². The van der Waals surface area contributed by atoms with Gasteiger partial charge in [0.1, 0.15) is 4.91 Å². The number of fused-ring (bicyclic) bond motifs is 1. The number of hydrogen-bond donors (Lipinski definition) is 0. The van der Waals surface area contributed by atoms with E-state index in [-0.39, 0.29) is 18.3 Å². The number of aryl methyl sites for hydroxylation is 1. The topological polar surface area (TPSA) is 20.9 Å². The fraction of sp³-hybridized carbons (Fsp3) is 0.0526. The maximum atomic E-state index is 12.8. The number of thioether (sulfide) groups is 1. The van der Waals surface area contributed by atoms with Crippen molar-refractivity contribution in [1.29, 1.82) is 0 Å². The van der Waals surface area contributed by atoms with Gasteiger partial charge in [0.15, 0.2) is 0 Å². The summed E-state index contributed by atoms with van der Waals surface area (Å²) in [7, 11) is 0. The molecule has 3 aromatic rings. The average Bonchev–Trinajstić information content (AvgIpc) is 3.12. The maximum Gasteiger partial charge on any atom is 0.433 e. The minimum Gasteiger partial charge on any atom is -0.213 e. The summed E-state index contributed by atoms with van der Waals surface area (Å²) < 4.78 is 2.84. The molecule has 120 valence electrons. The number of nitrogens with zero attached hydrogens (tertiary/aromatic N) is 1. The summed E-state index contributed by atoms with van der Waals surface area (Å²) >= 11 is 3.17. The van der Waals surface area contributed by atoms with E-state index in [2.05, 4.69) is 24.4 Å². The van der Waals surface area contributed by atoms with Crippen molar-refractivity contribution in [2.75, 3.05) is 0 Å². The molecular weight excluding hydrogens is 358 g/mol. The molecule has 0 fully saturated rings. The van der Waals surface area contributed by atoms with Gasteiger partial charge in [-0.3, -0.25) is 0 Å². The number of rotatable bonds is 2. The highest BCUT2D eigenvalue weighted by molar-refractivity contribution is 8.05. The van der Waals surface area contributed by atoms with Gasteiger partial charge >= 0.3 is 10.2 Å². The Bertz CT molecular complexity index is 914. The molecule has 0 amide bonds. The molecule has 0 saturated carbocycles. The van der Waals surface area contributed by atoms with Crippen molar-refractivity contribution >= 4 is 47.5 Å². The minimum atomic E-state index is 0. The number of aromatic nitrogens is 1. The van der Waals surface area contributed by atoms with Gasteiger partial charge in [0.25, 0.3) is 0 Å². The lowest BCUT2D eigenvalue weighted by atomic mass is 10.1. The van der Waals surface area contributed by atoms with Crippen molar-refractivity contribution in [3.05, 3.63) is 76.0 Å². The quantitative estimate of drug-likeness (QED) is 0.454. The highest BCUT2D eigenvalue weighted by Gasteiger charge is 2.40. The van der Waals surface area contributed by atoms with E-state index in [1.807, 2.05) is 53.1 Å². The van der Waals surface area contributed by atoms with Crippen LogP contribution in [0.2, 0.25) is 0 Å². The molecule has 0 radical (unpaired) electrons. The molecule has 0 unspecified atom stereocenters. The van der Waals surface area contributed by atoms with Crippen LogP contribution in [0.1, 0.15) is 15.9 Å². The van der Waals surface area contributed by atoms with E-state index in [4.69, 9.17) is 0 Å². The molecule has 1 aromatic heterocycles. The summed E-state index contributed by atoms with van der Waals surface area (Å²) in [6.07, 6.45) is 1.97. The molecule has 0 bridgehead atoms. The number of hydrogen-bond acceptors (Lipinski definition) is 3. The molecule has 0 saturated heterocycles. The van der Waals surface area contributed by atoms with Gasteiger partial charge < -0.3 is 0 Å². The van der Waals surface area contributed by atoms with Gasteiger partial charge in [-0.1, -0.05) is 59.4 Å². The summed E-state index contributed by atoms with van der Waals surface area (Å²) in [6, 6.07) is 18.3. The number of thiazole rings is 1. The van der Waals surface area contributed by atoms with Gasteiger partial charge in [-0.25, -0.2) is 4.79 Å². The van der Waals surface area contributed by atoms with Gasteiger partial charge in [-0.15, -0.1) is 17.0 Å². The van der Waals surface area contributed by atoms with Gasteiger partial charge in [-0.05, 0) is 30.7 Å². The second-order valence-electron chi connectivity index (χ2n) is 5.41. The minimum absolute atomic E-state index is 0. The molecule has 1 aliphatic heterocycles. The van der Waals surface area contributed by atoms with Crippen molar-refractivity contribution in [1.82, 2.24) is 0 Å². The Balaban J connectivity index is 0.00000169. The van der Waals surface area contributed by atoms with E-state index >= 15 is 0 Å². The summed E-state index contributed by atoms with van der Waals surface area (Å²) in [5.74, 6) is 0.0608. The van der Waals surface area contributed by atoms with Crippen molar-refractivity contribution in [3.63, 3.8) is 0 Å². The largest absolute Gasteiger partial charge is 0.433 e. The lowest BCUT2D eigenvalue weighted by molar-refractivity contribution is -0.588. The highest BCUT2D eigenvalue weighted by Crippen LogP contribution is 2.37. The molecule has 0 spiro atoms. The first-order valence-corrected chi connectivity index (χ1v) is 9.02. The van der Waals surface area contributed by atoms with Gasteiger partial charge in [0, 0.05) is 17.3 Å². The Kier molecular flexibility index (Phi) is 4.90. The van der Waals surface area contributed by atoms with Gasteiger partial charge in [0.05, 0.1) is 5.38 Å². The Labute approximate surface area is 155 Å². The number of carbonyl (C=O) groups excluding carboxylic acids is 1. The van der Waals surface area contributed by atoms with Crippen molar-refractivity contribution in [2.24, 2.45) is 0 Å². The number of benzene rings is 2. The predicted octanol–water partition coefficient (Wildman–Crippen LogP) is 5.22. The summed E-state index contributed by atoms with van der Waals surface area (Å²) in [4.78, 5) is 13.6. The molecular formula is C19H15ClNOS2+. The summed E-state index contributed by atoms with van der Waals surface area (Å²) in [5, 5.41) is 2.05. The van der Waals surface area contributed by atoms with Crippen LogP contribution >= 0.6 is 35.5 Å². The monoisotopic (exact) mass is 372 g/mol. The number of carbonyl (C=O) groups is 1. The maximum absolute atomic E-state index is 12.8. The van der Waals surface area contributed by atoms with Gasteiger partial charge in [-0.2, -0.15) is 0 Å². The van der Waals surface area contributed by atoms with E-state index in [0.29, 0.717) is 0 Å². The Hall–Kier alpha value is -1.88. The van der Waals surface area contributed by atoms with Crippen LogP contribution < -0.4 is 4.57 Å². The standard InChI is InChI=1S/C19H14NOS2.ClH/c1-13-7-9-14(10-8-13)11-17-18(21)20-16(12-22-19(20)23-17)15-5-3-2-4-6-15;/h2-12H,1H3;1H/q+1;/b17-11-;. The fourth-order valence-corrected chi connectivity index (χ4v) is 4.71. The summed E-state index contributed by atoms with van der Waals surface area (Å²) in [6.45, 7) is 2.06. The van der Waals surface area contributed by atoms with Crippen LogP contribution in [0.4, 0.5) is 0 Å². The molecule has 2 aromatic carbocycles. The Morgan fingerprint density at radius 2 is 1.71 bits per heavy atom. The number of halogens is 1. The fourth-order valence-electron chi connectivity index (χ4n) is 2.53. The first-order chi connectivity index (χ1) is 11.2. The molecule has 24 heavy (non-hydrogen) atoms. The average molecular weight is 373 g/mol. The smallest absolute Gasteiger partial charge is 0.213 e. The molecule has 5 heteroatoms. The van der Waals surface area contributed by atoms with E-state index in [0.717, 1.165) is 26.1 Å². The normalized spacial score (nSPS) is 14.5. The third kappa shape index (κ3) is 3.05. The Morgan fingerprint density at radius 1 is 1.00 bits per heavy atom. The zero-order valence-electron chi connectivity index (χ0n) is 12.9. The van der Waals surface area contributed by atoms with E-state index in [1.165, 1.54) is 5.56 Å². The third-order valence-corrected chi connectivity index (χ3v) is 5.88. The number of allylic oxidation sites excluding steroid dienone is 1. The molecule has 0 aliphatic carbocycles. The lowest BCUT2D eigenvalue weighted by Gasteiger charge is -1.96. The molecule has 0 N–H and O–H groups in total. The van der Waals surface area contributed by atoms with Crippen LogP contribution in [-0.2, 0) is 0 Å². The van der Waals surface area contributed by atoms with Crippen LogP contribution in [0, 0.1) is 6.92 Å².